The van der Waals surface area contributed by atoms with Crippen molar-refractivity contribution in [1.29, 1.82) is 0 Å². The highest BCUT2D eigenvalue weighted by atomic mass is 32.2. The molecule has 0 saturated heterocycles. The number of nitrogens with one attached hydrogen (secondary N) is 1. The molecule has 1 N–H and O–H groups in total. The van der Waals surface area contributed by atoms with E-state index in [1.165, 1.54) is 24.3 Å². The lowest BCUT2D eigenvalue weighted by Gasteiger charge is -2.31. The first-order valence-corrected chi connectivity index (χ1v) is 16.7. The van der Waals surface area contributed by atoms with E-state index in [1.807, 2.05) is 103 Å². The fourth-order valence-electron chi connectivity index (χ4n) is 6.20. The molecule has 48 heavy (non-hydrogen) atoms. The van der Waals surface area contributed by atoms with Gasteiger partial charge in [0.25, 0.3) is 5.69 Å². The van der Waals surface area contributed by atoms with Crippen molar-refractivity contribution in [3.63, 3.8) is 0 Å². The van der Waals surface area contributed by atoms with Gasteiger partial charge in [0.2, 0.25) is 10.0 Å². The molecule has 1 atom stereocenters. The topological polar surface area (TPSA) is 121 Å². The maximum atomic E-state index is 13.5. The number of hydrogen-bond acceptors (Lipinski definition) is 7. The fourth-order valence-corrected chi connectivity index (χ4v) is 7.38. The minimum absolute atomic E-state index is 0.100. The van der Waals surface area contributed by atoms with Crippen LogP contribution >= 0.6 is 0 Å². The van der Waals surface area contributed by atoms with Crippen LogP contribution in [0.5, 0.6) is 11.5 Å². The Morgan fingerprint density at radius 3 is 1.94 bits per heavy atom. The van der Waals surface area contributed by atoms with E-state index in [2.05, 4.69) is 15.8 Å². The molecule has 6 rings (SSSR count). The molecule has 0 amide bonds. The van der Waals surface area contributed by atoms with Crippen molar-refractivity contribution in [3.05, 3.63) is 172 Å². The standard InChI is InChI=1S/C38H33N3O6S/c1-46-30-19-15-26(16-20-30)37(27-17-21-31(47-2)22-18-27)38(34-25-39-23-28-9-3-5-11-32(28)34)33-12-6-4-10-29(33)24-40-48(44,45)36-14-8-7-13-35(36)41(42)43/h3-23,25,37-38,40H,24H2,1-2H3/t38-/m1/s1. The number of rotatable bonds is 12. The summed E-state index contributed by atoms with van der Waals surface area (Å²) in [7, 11) is -0.994. The number of nitro benzene ring substituents is 1. The van der Waals surface area contributed by atoms with E-state index < -0.39 is 25.5 Å². The van der Waals surface area contributed by atoms with Crippen LogP contribution in [-0.2, 0) is 16.6 Å². The number of nitro groups is 1. The second kappa shape index (κ2) is 14.0. The van der Waals surface area contributed by atoms with Crippen LogP contribution in [0.2, 0.25) is 0 Å². The first-order valence-electron chi connectivity index (χ1n) is 15.2. The van der Waals surface area contributed by atoms with Gasteiger partial charge >= 0.3 is 0 Å². The lowest BCUT2D eigenvalue weighted by atomic mass is 9.72. The number of aromatic nitrogens is 1. The number of pyridine rings is 1. The molecule has 0 bridgehead atoms. The number of fused-ring (bicyclic) bond motifs is 1. The van der Waals surface area contributed by atoms with E-state index in [0.717, 1.165) is 44.5 Å². The second-order valence-corrected chi connectivity index (χ2v) is 12.9. The third kappa shape index (κ3) is 6.62. The highest BCUT2D eigenvalue weighted by molar-refractivity contribution is 7.89. The van der Waals surface area contributed by atoms with E-state index in [4.69, 9.17) is 9.47 Å². The second-order valence-electron chi connectivity index (χ2n) is 11.2. The van der Waals surface area contributed by atoms with Gasteiger partial charge in [0.1, 0.15) is 11.5 Å². The van der Waals surface area contributed by atoms with Crippen LogP contribution in [0.25, 0.3) is 10.8 Å². The molecule has 1 heterocycles. The molecular formula is C38H33N3O6S. The normalized spacial score (nSPS) is 12.1. The van der Waals surface area contributed by atoms with Gasteiger partial charge in [-0.2, -0.15) is 0 Å². The average Bonchev–Trinajstić information content (AvgIpc) is 3.13. The molecule has 0 aliphatic carbocycles. The van der Waals surface area contributed by atoms with Crippen LogP contribution < -0.4 is 14.2 Å². The predicted molar refractivity (Wildman–Crippen MR) is 185 cm³/mol. The Morgan fingerprint density at radius 2 is 1.29 bits per heavy atom. The highest BCUT2D eigenvalue weighted by Gasteiger charge is 2.32. The van der Waals surface area contributed by atoms with Crippen molar-refractivity contribution in [2.24, 2.45) is 0 Å². The summed E-state index contributed by atoms with van der Waals surface area (Å²) in [4.78, 5) is 15.2. The molecule has 1 aromatic heterocycles. The molecule has 0 unspecified atom stereocenters. The number of benzene rings is 5. The molecule has 5 aromatic carbocycles. The monoisotopic (exact) mass is 659 g/mol. The average molecular weight is 660 g/mol. The summed E-state index contributed by atoms with van der Waals surface area (Å²) in [6.45, 7) is -0.100. The summed E-state index contributed by atoms with van der Waals surface area (Å²) in [6.07, 6.45) is 3.71. The van der Waals surface area contributed by atoms with Gasteiger partial charge in [-0.15, -0.1) is 0 Å². The molecule has 10 heteroatoms. The smallest absolute Gasteiger partial charge is 0.289 e. The van der Waals surface area contributed by atoms with Gasteiger partial charge < -0.3 is 9.47 Å². The molecular weight excluding hydrogens is 626 g/mol. The summed E-state index contributed by atoms with van der Waals surface area (Å²) < 4.78 is 40.6. The van der Waals surface area contributed by atoms with Gasteiger partial charge in [0.15, 0.2) is 4.90 Å². The van der Waals surface area contributed by atoms with E-state index >= 15 is 0 Å². The maximum absolute atomic E-state index is 13.5. The van der Waals surface area contributed by atoms with Gasteiger partial charge in [0.05, 0.1) is 19.1 Å². The Kier molecular flexibility index (Phi) is 9.47. The van der Waals surface area contributed by atoms with E-state index in [0.29, 0.717) is 5.56 Å². The number of methoxy groups -OCH3 is 2. The van der Waals surface area contributed by atoms with Crippen LogP contribution in [0.15, 0.2) is 139 Å². The minimum atomic E-state index is -4.25. The zero-order valence-corrected chi connectivity index (χ0v) is 27.1. The summed E-state index contributed by atoms with van der Waals surface area (Å²) >= 11 is 0. The van der Waals surface area contributed by atoms with Crippen LogP contribution in [0.4, 0.5) is 5.69 Å². The first kappa shape index (κ1) is 32.4. The van der Waals surface area contributed by atoms with Crippen molar-refractivity contribution < 1.29 is 22.8 Å². The molecule has 0 aliphatic heterocycles. The molecule has 0 radical (unpaired) electrons. The molecule has 6 aromatic rings. The van der Waals surface area contributed by atoms with E-state index in [-0.39, 0.29) is 18.4 Å². The molecule has 0 spiro atoms. The Balaban J connectivity index is 1.54. The third-order valence-electron chi connectivity index (χ3n) is 8.51. The van der Waals surface area contributed by atoms with Gasteiger partial charge in [-0.25, -0.2) is 13.1 Å². The zero-order valence-electron chi connectivity index (χ0n) is 26.3. The number of sulfonamides is 1. The van der Waals surface area contributed by atoms with Crippen LogP contribution in [0, 0.1) is 10.1 Å². The molecule has 0 saturated carbocycles. The SMILES string of the molecule is COc1ccc(C(c2ccc(OC)cc2)[C@H](c2ccccc2CNS(=O)(=O)c2ccccc2[N+](=O)[O-])c2cncc3ccccc23)cc1. The summed E-state index contributed by atoms with van der Waals surface area (Å²) in [5, 5.41) is 13.7. The van der Waals surface area contributed by atoms with E-state index in [1.54, 1.807) is 14.2 Å². The summed E-state index contributed by atoms with van der Waals surface area (Å²) in [6, 6.07) is 36.9. The molecule has 242 valence electrons. The Hall–Kier alpha value is -5.58. The van der Waals surface area contributed by atoms with Crippen molar-refractivity contribution in [3.8, 4) is 11.5 Å². The van der Waals surface area contributed by atoms with Gasteiger partial charge in [-0.3, -0.25) is 15.1 Å². The lowest BCUT2D eigenvalue weighted by Crippen LogP contribution is -2.25. The molecule has 0 aliphatic rings. The lowest BCUT2D eigenvalue weighted by molar-refractivity contribution is -0.387. The predicted octanol–water partition coefficient (Wildman–Crippen LogP) is 7.60. The fraction of sp³-hybridized carbons (Fsp3) is 0.132. The molecule has 0 fully saturated rings. The zero-order chi connectivity index (χ0) is 33.7. The van der Waals surface area contributed by atoms with Crippen molar-refractivity contribution in [2.75, 3.05) is 14.2 Å². The maximum Gasteiger partial charge on any atom is 0.289 e. The number of hydrogen-bond donors (Lipinski definition) is 1. The third-order valence-corrected chi connectivity index (χ3v) is 9.96. The van der Waals surface area contributed by atoms with Crippen LogP contribution in [0.3, 0.4) is 0 Å². The van der Waals surface area contributed by atoms with Crippen molar-refractivity contribution in [2.45, 2.75) is 23.3 Å². The first-order chi connectivity index (χ1) is 23.3. The number of nitrogens with zero attached hydrogens (tertiary/aromatic N) is 2. The molecule has 9 nitrogen and oxygen atoms in total. The highest BCUT2D eigenvalue weighted by Crippen LogP contribution is 2.46. The number of ether oxygens (including phenoxy) is 2. The Labute approximate surface area is 279 Å². The van der Waals surface area contributed by atoms with E-state index in [9.17, 15) is 18.5 Å². The Bertz CT molecular complexity index is 2120. The largest absolute Gasteiger partial charge is 0.497 e. The number of para-hydroxylation sites is 1. The quantitative estimate of drug-likeness (QED) is 0.106. The van der Waals surface area contributed by atoms with Gasteiger partial charge in [0, 0.05) is 42.2 Å². The minimum Gasteiger partial charge on any atom is -0.497 e. The van der Waals surface area contributed by atoms with Crippen molar-refractivity contribution >= 4 is 26.5 Å². The van der Waals surface area contributed by atoms with Gasteiger partial charge in [-0.1, -0.05) is 84.9 Å². The summed E-state index contributed by atoms with van der Waals surface area (Å²) in [5.41, 5.74) is 4.07. The van der Waals surface area contributed by atoms with Crippen LogP contribution in [0.1, 0.15) is 39.7 Å². The van der Waals surface area contributed by atoms with Crippen molar-refractivity contribution in [1.82, 2.24) is 9.71 Å². The van der Waals surface area contributed by atoms with Crippen LogP contribution in [-0.4, -0.2) is 32.5 Å². The summed E-state index contributed by atoms with van der Waals surface area (Å²) in [5.74, 6) is 0.834. The van der Waals surface area contributed by atoms with Gasteiger partial charge in [-0.05, 0) is 63.5 Å². The Morgan fingerprint density at radius 1 is 0.708 bits per heavy atom.